The Morgan fingerprint density at radius 1 is 1.19 bits per heavy atom. The van der Waals surface area contributed by atoms with Crippen molar-refractivity contribution in [2.24, 2.45) is 4.99 Å². The van der Waals surface area contributed by atoms with Gasteiger partial charge in [-0.2, -0.15) is 0 Å². The molecule has 0 bridgehead atoms. The first-order valence-corrected chi connectivity index (χ1v) is 5.34. The lowest BCUT2D eigenvalue weighted by atomic mass is 10.0. The molecule has 0 aliphatic carbocycles. The van der Waals surface area contributed by atoms with Gasteiger partial charge in [0, 0.05) is 18.0 Å². The quantitative estimate of drug-likeness (QED) is 0.743. The fourth-order valence-electron chi connectivity index (χ4n) is 1.49. The van der Waals surface area contributed by atoms with Gasteiger partial charge in [-0.05, 0) is 44.9 Å². The van der Waals surface area contributed by atoms with Gasteiger partial charge in [0.1, 0.15) is 0 Å². The molecule has 0 unspecified atom stereocenters. The van der Waals surface area contributed by atoms with E-state index in [9.17, 15) is 0 Å². The second kappa shape index (κ2) is 5.40. The van der Waals surface area contributed by atoms with Crippen molar-refractivity contribution in [2.45, 2.75) is 27.7 Å². The summed E-state index contributed by atoms with van der Waals surface area (Å²) in [6, 6.07) is 6.32. The topological polar surface area (TPSA) is 36.2 Å². The average Bonchev–Trinajstić information content (AvgIpc) is 2.23. The van der Waals surface area contributed by atoms with Gasteiger partial charge in [0.2, 0.25) is 0 Å². The second-order valence-corrected chi connectivity index (χ2v) is 4.09. The molecule has 0 heterocycles. The smallest absolute Gasteiger partial charge is 0.0689 e. The Morgan fingerprint density at radius 3 is 2.38 bits per heavy atom. The van der Waals surface area contributed by atoms with E-state index in [1.54, 1.807) is 0 Å². The molecule has 0 amide bonds. The van der Waals surface area contributed by atoms with E-state index in [4.69, 9.17) is 5.41 Å². The molecular formula is C14H18N2. The summed E-state index contributed by atoms with van der Waals surface area (Å²) >= 11 is 0. The largest absolute Gasteiger partial charge is 0.307 e. The van der Waals surface area contributed by atoms with E-state index in [0.29, 0.717) is 0 Å². The predicted octanol–water partition coefficient (Wildman–Crippen LogP) is 3.77. The van der Waals surface area contributed by atoms with Gasteiger partial charge in [-0.3, -0.25) is 4.99 Å². The average molecular weight is 214 g/mol. The zero-order valence-electron chi connectivity index (χ0n) is 10.3. The number of nitrogens with one attached hydrogen (secondary N) is 1. The SMILES string of the molecule is CC(C)=C(N=CC=N)c1ccc(C)c(C)c1. The van der Waals surface area contributed by atoms with Crippen LogP contribution in [0.3, 0.4) is 0 Å². The number of rotatable bonds is 3. The third kappa shape index (κ3) is 2.89. The molecule has 1 rings (SSSR count). The molecule has 1 N–H and O–H groups in total. The van der Waals surface area contributed by atoms with Crippen molar-refractivity contribution in [3.05, 3.63) is 40.5 Å². The number of aryl methyl sites for hydroxylation is 2. The minimum Gasteiger partial charge on any atom is -0.307 e. The summed E-state index contributed by atoms with van der Waals surface area (Å²) in [4.78, 5) is 4.29. The zero-order valence-corrected chi connectivity index (χ0v) is 10.3. The van der Waals surface area contributed by atoms with Crippen LogP contribution in [0.4, 0.5) is 0 Å². The Bertz CT molecular complexity index is 450. The summed E-state index contributed by atoms with van der Waals surface area (Å²) < 4.78 is 0. The van der Waals surface area contributed by atoms with Crippen molar-refractivity contribution in [3.8, 4) is 0 Å². The highest BCUT2D eigenvalue weighted by Crippen LogP contribution is 2.22. The first-order valence-electron chi connectivity index (χ1n) is 5.34. The number of benzene rings is 1. The first-order chi connectivity index (χ1) is 7.56. The monoisotopic (exact) mass is 214 g/mol. The molecule has 0 aliphatic heterocycles. The molecule has 0 spiro atoms. The predicted molar refractivity (Wildman–Crippen MR) is 71.5 cm³/mol. The third-order valence-corrected chi connectivity index (χ3v) is 2.53. The van der Waals surface area contributed by atoms with Crippen LogP contribution in [0.15, 0.2) is 28.8 Å². The van der Waals surface area contributed by atoms with Gasteiger partial charge in [0.15, 0.2) is 0 Å². The van der Waals surface area contributed by atoms with Gasteiger partial charge in [0.25, 0.3) is 0 Å². The van der Waals surface area contributed by atoms with Crippen LogP contribution in [0.25, 0.3) is 5.70 Å². The van der Waals surface area contributed by atoms with Gasteiger partial charge >= 0.3 is 0 Å². The molecule has 0 aliphatic rings. The molecule has 0 fully saturated rings. The maximum Gasteiger partial charge on any atom is 0.0689 e. The van der Waals surface area contributed by atoms with Crippen molar-refractivity contribution >= 4 is 18.1 Å². The van der Waals surface area contributed by atoms with Crippen LogP contribution in [0.2, 0.25) is 0 Å². The van der Waals surface area contributed by atoms with Crippen LogP contribution in [0.5, 0.6) is 0 Å². The van der Waals surface area contributed by atoms with Crippen molar-refractivity contribution < 1.29 is 0 Å². The summed E-state index contributed by atoms with van der Waals surface area (Å²) in [6.07, 6.45) is 2.71. The Hall–Kier alpha value is -1.70. The van der Waals surface area contributed by atoms with Crippen molar-refractivity contribution in [1.82, 2.24) is 0 Å². The van der Waals surface area contributed by atoms with Crippen LogP contribution < -0.4 is 0 Å². The van der Waals surface area contributed by atoms with Crippen molar-refractivity contribution in [1.29, 1.82) is 5.41 Å². The molecule has 2 heteroatoms. The van der Waals surface area contributed by atoms with E-state index < -0.39 is 0 Å². The molecule has 0 atom stereocenters. The molecule has 0 aromatic heterocycles. The minimum absolute atomic E-state index is 0.951. The number of hydrogen-bond acceptors (Lipinski definition) is 2. The number of hydrogen-bond donors (Lipinski definition) is 1. The summed E-state index contributed by atoms with van der Waals surface area (Å²) in [5, 5.41) is 6.98. The van der Waals surface area contributed by atoms with Crippen LogP contribution >= 0.6 is 0 Å². The fourth-order valence-corrected chi connectivity index (χ4v) is 1.49. The summed E-state index contributed by atoms with van der Waals surface area (Å²) in [6.45, 7) is 8.27. The standard InChI is InChI=1S/C14H18N2/c1-10(2)14(16-8-7-15)13-6-5-11(3)12(4)9-13/h5-9,15H,1-4H3. The number of nitrogens with zero attached hydrogens (tertiary/aromatic N) is 1. The third-order valence-electron chi connectivity index (χ3n) is 2.53. The Morgan fingerprint density at radius 2 is 1.88 bits per heavy atom. The highest BCUT2D eigenvalue weighted by atomic mass is 14.7. The minimum atomic E-state index is 0.951. The van der Waals surface area contributed by atoms with E-state index >= 15 is 0 Å². The van der Waals surface area contributed by atoms with E-state index in [2.05, 4.69) is 37.0 Å². The zero-order chi connectivity index (χ0) is 12.1. The molecule has 1 aromatic rings. The van der Waals surface area contributed by atoms with E-state index in [0.717, 1.165) is 16.8 Å². The van der Waals surface area contributed by atoms with Crippen molar-refractivity contribution in [2.75, 3.05) is 0 Å². The van der Waals surface area contributed by atoms with Crippen molar-refractivity contribution in [3.63, 3.8) is 0 Å². The highest BCUT2D eigenvalue weighted by molar-refractivity contribution is 6.15. The Labute approximate surface area is 97.2 Å². The second-order valence-electron chi connectivity index (χ2n) is 4.09. The molecule has 2 nitrogen and oxygen atoms in total. The van der Waals surface area contributed by atoms with Crippen LogP contribution in [-0.4, -0.2) is 12.4 Å². The van der Waals surface area contributed by atoms with Crippen LogP contribution in [0, 0.1) is 19.3 Å². The van der Waals surface area contributed by atoms with Gasteiger partial charge in [-0.25, -0.2) is 0 Å². The first kappa shape index (κ1) is 12.4. The van der Waals surface area contributed by atoms with E-state index in [1.807, 2.05) is 13.8 Å². The summed E-state index contributed by atoms with van der Waals surface area (Å²) in [7, 11) is 0. The normalized spacial score (nSPS) is 10.5. The Balaban J connectivity index is 3.23. The van der Waals surface area contributed by atoms with Gasteiger partial charge in [0.05, 0.1) is 5.70 Å². The molecule has 84 valence electrons. The van der Waals surface area contributed by atoms with E-state index in [-0.39, 0.29) is 0 Å². The summed E-state index contributed by atoms with van der Waals surface area (Å²) in [5.41, 5.74) is 5.77. The lowest BCUT2D eigenvalue weighted by molar-refractivity contribution is 1.30. The van der Waals surface area contributed by atoms with Gasteiger partial charge < -0.3 is 5.41 Å². The highest BCUT2D eigenvalue weighted by Gasteiger charge is 2.02. The Kier molecular flexibility index (Phi) is 4.18. The van der Waals surface area contributed by atoms with E-state index in [1.165, 1.54) is 23.6 Å². The molecule has 0 saturated carbocycles. The maximum absolute atomic E-state index is 6.98. The molecular weight excluding hydrogens is 196 g/mol. The lowest BCUT2D eigenvalue weighted by Crippen LogP contribution is -1.89. The number of aliphatic imine (C=N–C) groups is 1. The number of allylic oxidation sites excluding steroid dienone is 1. The van der Waals surface area contributed by atoms with Gasteiger partial charge in [-0.15, -0.1) is 0 Å². The fraction of sp³-hybridized carbons (Fsp3) is 0.286. The maximum atomic E-state index is 6.98. The molecule has 0 radical (unpaired) electrons. The molecule has 16 heavy (non-hydrogen) atoms. The van der Waals surface area contributed by atoms with Crippen LogP contribution in [0.1, 0.15) is 30.5 Å². The van der Waals surface area contributed by atoms with Gasteiger partial charge in [-0.1, -0.05) is 17.7 Å². The van der Waals surface area contributed by atoms with Crippen LogP contribution in [-0.2, 0) is 0 Å². The molecule has 0 saturated heterocycles. The lowest BCUT2D eigenvalue weighted by Gasteiger charge is -2.07. The molecule has 1 aromatic carbocycles. The summed E-state index contributed by atoms with van der Waals surface area (Å²) in [5.74, 6) is 0.